The monoisotopic (exact) mass is 223 g/mol. The molecule has 0 fully saturated rings. The molecule has 0 aromatic heterocycles. The number of ether oxygens (including phenoxy) is 2. The van der Waals surface area contributed by atoms with Gasteiger partial charge in [0.05, 0.1) is 11.3 Å². The van der Waals surface area contributed by atoms with Crippen LogP contribution in [0.15, 0.2) is 6.07 Å². The van der Waals surface area contributed by atoms with Crippen LogP contribution >= 0.6 is 0 Å². The summed E-state index contributed by atoms with van der Waals surface area (Å²) in [7, 11) is 0. The van der Waals surface area contributed by atoms with Gasteiger partial charge in [0.25, 0.3) is 0 Å². The van der Waals surface area contributed by atoms with Gasteiger partial charge in [0, 0.05) is 5.56 Å². The molecule has 0 unspecified atom stereocenters. The van der Waals surface area contributed by atoms with Crippen LogP contribution in [0.25, 0.3) is 0 Å². The summed E-state index contributed by atoms with van der Waals surface area (Å²) in [5.41, 5.74) is 6.82. The highest BCUT2D eigenvalue weighted by molar-refractivity contribution is 5.93. The standard InChI is InChI=1S/C11H13NO4/c1-5(2)8-6(11(13)14)3-7(12)9-10(8)16-4-15-9/h3,5H,4,12H2,1-2H3,(H,13,14). The molecule has 0 atom stereocenters. The molecule has 1 aliphatic rings. The Morgan fingerprint density at radius 1 is 1.44 bits per heavy atom. The zero-order valence-electron chi connectivity index (χ0n) is 9.11. The Bertz CT molecular complexity index is 454. The van der Waals surface area contributed by atoms with Crippen LogP contribution < -0.4 is 15.2 Å². The van der Waals surface area contributed by atoms with E-state index in [0.717, 1.165) is 0 Å². The van der Waals surface area contributed by atoms with Crippen molar-refractivity contribution < 1.29 is 19.4 Å². The summed E-state index contributed by atoms with van der Waals surface area (Å²) in [6.45, 7) is 3.89. The van der Waals surface area contributed by atoms with Gasteiger partial charge in [-0.3, -0.25) is 0 Å². The van der Waals surface area contributed by atoms with Crippen LogP contribution in [0.2, 0.25) is 0 Å². The molecule has 0 aliphatic carbocycles. The lowest BCUT2D eigenvalue weighted by atomic mass is 9.95. The van der Waals surface area contributed by atoms with E-state index in [0.29, 0.717) is 22.7 Å². The second kappa shape index (κ2) is 3.59. The third kappa shape index (κ3) is 1.44. The van der Waals surface area contributed by atoms with Crippen LogP contribution in [0.3, 0.4) is 0 Å². The average molecular weight is 223 g/mol. The number of fused-ring (bicyclic) bond motifs is 1. The van der Waals surface area contributed by atoms with Gasteiger partial charge in [0.1, 0.15) is 0 Å². The molecular formula is C11H13NO4. The summed E-state index contributed by atoms with van der Waals surface area (Å²) >= 11 is 0. The van der Waals surface area contributed by atoms with Crippen LogP contribution in [0.5, 0.6) is 11.5 Å². The van der Waals surface area contributed by atoms with Crippen molar-refractivity contribution in [2.45, 2.75) is 19.8 Å². The van der Waals surface area contributed by atoms with E-state index in [1.807, 2.05) is 13.8 Å². The van der Waals surface area contributed by atoms with Crippen molar-refractivity contribution >= 4 is 11.7 Å². The van der Waals surface area contributed by atoms with E-state index >= 15 is 0 Å². The molecule has 1 aromatic carbocycles. The predicted molar refractivity (Wildman–Crippen MR) is 58.0 cm³/mol. The highest BCUT2D eigenvalue weighted by Crippen LogP contribution is 2.45. The lowest BCUT2D eigenvalue weighted by Crippen LogP contribution is -2.06. The molecule has 86 valence electrons. The molecule has 3 N–H and O–H groups in total. The largest absolute Gasteiger partial charge is 0.478 e. The van der Waals surface area contributed by atoms with Gasteiger partial charge in [0.2, 0.25) is 6.79 Å². The first kappa shape index (κ1) is 10.6. The van der Waals surface area contributed by atoms with Crippen LogP contribution in [0.1, 0.15) is 35.7 Å². The van der Waals surface area contributed by atoms with Crippen LogP contribution in [-0.4, -0.2) is 17.9 Å². The number of hydrogen-bond donors (Lipinski definition) is 2. The summed E-state index contributed by atoms with van der Waals surface area (Å²) in [5.74, 6) is -0.0584. The molecule has 1 aliphatic heterocycles. The van der Waals surface area contributed by atoms with Gasteiger partial charge in [0.15, 0.2) is 11.5 Å². The Morgan fingerprint density at radius 3 is 2.62 bits per heavy atom. The Morgan fingerprint density at radius 2 is 2.06 bits per heavy atom. The Kier molecular flexibility index (Phi) is 2.38. The lowest BCUT2D eigenvalue weighted by Gasteiger charge is -2.14. The molecule has 0 bridgehead atoms. The molecule has 2 rings (SSSR count). The number of anilines is 1. The first-order valence-corrected chi connectivity index (χ1v) is 4.97. The van der Waals surface area contributed by atoms with Crippen molar-refractivity contribution in [1.29, 1.82) is 0 Å². The van der Waals surface area contributed by atoms with Gasteiger partial charge in [-0.2, -0.15) is 0 Å². The first-order chi connectivity index (χ1) is 7.52. The fourth-order valence-electron chi connectivity index (χ4n) is 1.86. The number of carbonyl (C=O) groups is 1. The number of nitrogens with two attached hydrogens (primary N) is 1. The van der Waals surface area contributed by atoms with Gasteiger partial charge in [-0.15, -0.1) is 0 Å². The minimum Gasteiger partial charge on any atom is -0.478 e. The molecule has 0 saturated heterocycles. The van der Waals surface area contributed by atoms with Crippen molar-refractivity contribution in [3.05, 3.63) is 17.2 Å². The molecule has 1 aromatic rings. The van der Waals surface area contributed by atoms with Gasteiger partial charge in [-0.25, -0.2) is 4.79 Å². The zero-order valence-corrected chi connectivity index (χ0v) is 9.11. The zero-order chi connectivity index (χ0) is 11.9. The molecule has 0 spiro atoms. The van der Waals surface area contributed by atoms with E-state index in [2.05, 4.69) is 0 Å². The maximum Gasteiger partial charge on any atom is 0.336 e. The van der Waals surface area contributed by atoms with Crippen LogP contribution in [0, 0.1) is 0 Å². The minimum absolute atomic E-state index is 0.0298. The number of aromatic carboxylic acids is 1. The quantitative estimate of drug-likeness (QED) is 0.747. The summed E-state index contributed by atoms with van der Waals surface area (Å²) in [6.07, 6.45) is 0. The molecule has 5 nitrogen and oxygen atoms in total. The molecule has 16 heavy (non-hydrogen) atoms. The van der Waals surface area contributed by atoms with Gasteiger partial charge >= 0.3 is 5.97 Å². The number of nitrogen functional groups attached to an aromatic ring is 1. The Balaban J connectivity index is 2.72. The minimum atomic E-state index is -1.01. The van der Waals surface area contributed by atoms with E-state index < -0.39 is 5.97 Å². The van der Waals surface area contributed by atoms with E-state index in [-0.39, 0.29) is 18.3 Å². The summed E-state index contributed by atoms with van der Waals surface area (Å²) in [5, 5.41) is 9.12. The van der Waals surface area contributed by atoms with E-state index in [1.54, 1.807) is 0 Å². The highest BCUT2D eigenvalue weighted by Gasteiger charge is 2.28. The molecular weight excluding hydrogens is 210 g/mol. The molecule has 1 heterocycles. The Labute approximate surface area is 92.8 Å². The fourth-order valence-corrected chi connectivity index (χ4v) is 1.86. The van der Waals surface area contributed by atoms with Crippen molar-refractivity contribution in [2.75, 3.05) is 12.5 Å². The number of hydrogen-bond acceptors (Lipinski definition) is 4. The third-order valence-electron chi connectivity index (χ3n) is 2.52. The number of benzene rings is 1. The van der Waals surface area contributed by atoms with Gasteiger partial charge in [-0.1, -0.05) is 13.8 Å². The van der Waals surface area contributed by atoms with Gasteiger partial charge in [-0.05, 0) is 12.0 Å². The second-order valence-corrected chi connectivity index (χ2v) is 3.95. The maximum atomic E-state index is 11.1. The van der Waals surface area contributed by atoms with Crippen molar-refractivity contribution in [3.8, 4) is 11.5 Å². The molecule has 0 radical (unpaired) electrons. The summed E-state index contributed by atoms with van der Waals surface area (Å²) in [6, 6.07) is 1.42. The average Bonchev–Trinajstić information content (AvgIpc) is 2.65. The smallest absolute Gasteiger partial charge is 0.336 e. The molecule has 5 heteroatoms. The molecule has 0 amide bonds. The number of carboxylic acid groups (broad SMARTS) is 1. The van der Waals surface area contributed by atoms with E-state index in [9.17, 15) is 4.79 Å². The first-order valence-electron chi connectivity index (χ1n) is 4.97. The number of rotatable bonds is 2. The van der Waals surface area contributed by atoms with Crippen molar-refractivity contribution in [3.63, 3.8) is 0 Å². The highest BCUT2D eigenvalue weighted by atomic mass is 16.7. The van der Waals surface area contributed by atoms with E-state index in [1.165, 1.54) is 6.07 Å². The van der Waals surface area contributed by atoms with Crippen molar-refractivity contribution in [2.24, 2.45) is 0 Å². The topological polar surface area (TPSA) is 81.8 Å². The molecule has 0 saturated carbocycles. The fraction of sp³-hybridized carbons (Fsp3) is 0.364. The third-order valence-corrected chi connectivity index (χ3v) is 2.52. The van der Waals surface area contributed by atoms with Gasteiger partial charge < -0.3 is 20.3 Å². The van der Waals surface area contributed by atoms with Crippen molar-refractivity contribution in [1.82, 2.24) is 0 Å². The SMILES string of the molecule is CC(C)c1c(C(=O)O)cc(N)c2c1OCO2. The number of carboxylic acids is 1. The normalized spacial score (nSPS) is 13.2. The van der Waals surface area contributed by atoms with E-state index in [4.69, 9.17) is 20.3 Å². The maximum absolute atomic E-state index is 11.1. The second-order valence-electron chi connectivity index (χ2n) is 3.95. The lowest BCUT2D eigenvalue weighted by molar-refractivity contribution is 0.0694. The Hall–Kier alpha value is -1.91. The summed E-state index contributed by atoms with van der Waals surface area (Å²) < 4.78 is 10.5. The predicted octanol–water partition coefficient (Wildman–Crippen LogP) is 1.82. The van der Waals surface area contributed by atoms with Crippen LogP contribution in [0.4, 0.5) is 5.69 Å². The van der Waals surface area contributed by atoms with Crippen LogP contribution in [-0.2, 0) is 0 Å². The summed E-state index contributed by atoms with van der Waals surface area (Å²) in [4.78, 5) is 11.1.